The Labute approximate surface area is 156 Å². The largest absolute Gasteiger partial charge is 0.412 e. The second-order valence-electron chi connectivity index (χ2n) is 8.66. The van der Waals surface area contributed by atoms with Crippen molar-refractivity contribution in [1.29, 1.82) is 0 Å². The third kappa shape index (κ3) is 7.64. The minimum Gasteiger partial charge on any atom is -0.412 e. The van der Waals surface area contributed by atoms with E-state index >= 15 is 0 Å². The fourth-order valence-corrected chi connectivity index (χ4v) is 3.53. The molecule has 0 fully saturated rings. The van der Waals surface area contributed by atoms with Crippen molar-refractivity contribution in [3.8, 4) is 0 Å². The van der Waals surface area contributed by atoms with Crippen LogP contribution in [-0.2, 0) is 9.47 Å². The SMILES string of the molecule is COC(C)(C)C1CC=C(C)CC1.COC(C)(C)C1CC=C(C)CC1.O. The van der Waals surface area contributed by atoms with Crippen molar-refractivity contribution < 1.29 is 14.9 Å². The first-order valence-corrected chi connectivity index (χ1v) is 9.54. The molecule has 2 unspecified atom stereocenters. The molecule has 148 valence electrons. The van der Waals surface area contributed by atoms with E-state index in [1.165, 1.54) is 49.7 Å². The van der Waals surface area contributed by atoms with E-state index in [4.69, 9.17) is 9.47 Å². The van der Waals surface area contributed by atoms with Crippen molar-refractivity contribution in [3.05, 3.63) is 23.3 Å². The molecule has 2 aliphatic rings. The van der Waals surface area contributed by atoms with Crippen LogP contribution >= 0.6 is 0 Å². The molecule has 3 heteroatoms. The molecule has 0 aromatic rings. The molecule has 0 bridgehead atoms. The van der Waals surface area contributed by atoms with Crippen LogP contribution in [0.4, 0.5) is 0 Å². The van der Waals surface area contributed by atoms with E-state index in [-0.39, 0.29) is 16.7 Å². The van der Waals surface area contributed by atoms with Gasteiger partial charge in [0.15, 0.2) is 0 Å². The second-order valence-corrected chi connectivity index (χ2v) is 8.66. The van der Waals surface area contributed by atoms with Gasteiger partial charge >= 0.3 is 0 Å². The maximum atomic E-state index is 5.48. The monoisotopic (exact) mass is 354 g/mol. The fraction of sp³-hybridized carbons (Fsp3) is 0.818. The third-order valence-electron chi connectivity index (χ3n) is 6.29. The average molecular weight is 355 g/mol. The summed E-state index contributed by atoms with van der Waals surface area (Å²) in [5.41, 5.74) is 3.19. The van der Waals surface area contributed by atoms with Crippen molar-refractivity contribution in [3.63, 3.8) is 0 Å². The minimum absolute atomic E-state index is 0. The first-order chi connectivity index (χ1) is 11.1. The molecule has 2 atom stereocenters. The average Bonchev–Trinajstić information content (AvgIpc) is 2.56. The highest BCUT2D eigenvalue weighted by atomic mass is 16.5. The summed E-state index contributed by atoms with van der Waals surface area (Å²) < 4.78 is 11.0. The maximum Gasteiger partial charge on any atom is 0.0653 e. The highest BCUT2D eigenvalue weighted by molar-refractivity contribution is 5.06. The van der Waals surface area contributed by atoms with E-state index in [1.807, 2.05) is 14.2 Å². The smallest absolute Gasteiger partial charge is 0.0653 e. The number of hydrogen-bond donors (Lipinski definition) is 0. The molecule has 0 amide bonds. The summed E-state index contributed by atoms with van der Waals surface area (Å²) >= 11 is 0. The Bertz CT molecular complexity index is 404. The summed E-state index contributed by atoms with van der Waals surface area (Å²) in [7, 11) is 3.62. The van der Waals surface area contributed by atoms with Gasteiger partial charge < -0.3 is 14.9 Å². The van der Waals surface area contributed by atoms with Gasteiger partial charge in [-0.25, -0.2) is 0 Å². The van der Waals surface area contributed by atoms with Crippen LogP contribution in [0.1, 0.15) is 80.1 Å². The van der Waals surface area contributed by atoms with E-state index in [1.54, 1.807) is 0 Å². The van der Waals surface area contributed by atoms with Crippen LogP contribution in [0.3, 0.4) is 0 Å². The topological polar surface area (TPSA) is 50.0 Å². The highest BCUT2D eigenvalue weighted by Gasteiger charge is 2.30. The number of methoxy groups -OCH3 is 2. The van der Waals surface area contributed by atoms with Crippen LogP contribution in [0.2, 0.25) is 0 Å². The Morgan fingerprint density at radius 2 is 1.08 bits per heavy atom. The number of hydrogen-bond acceptors (Lipinski definition) is 2. The van der Waals surface area contributed by atoms with Crippen LogP contribution in [0.25, 0.3) is 0 Å². The van der Waals surface area contributed by atoms with Crippen molar-refractivity contribution in [2.45, 2.75) is 91.3 Å². The predicted octanol–water partition coefficient (Wildman–Crippen LogP) is 5.49. The molecule has 0 saturated heterocycles. The second kappa shape index (κ2) is 10.5. The molecule has 0 aromatic carbocycles. The van der Waals surface area contributed by atoms with Gasteiger partial charge in [-0.15, -0.1) is 0 Å². The number of allylic oxidation sites excluding steroid dienone is 4. The molecule has 0 heterocycles. The molecule has 25 heavy (non-hydrogen) atoms. The van der Waals surface area contributed by atoms with E-state index in [2.05, 4.69) is 53.7 Å². The Hall–Kier alpha value is -0.640. The van der Waals surface area contributed by atoms with Gasteiger partial charge in [-0.05, 0) is 91.9 Å². The van der Waals surface area contributed by atoms with Crippen LogP contribution in [0, 0.1) is 11.8 Å². The zero-order chi connectivity index (χ0) is 18.4. The highest BCUT2D eigenvalue weighted by Crippen LogP contribution is 2.34. The lowest BCUT2D eigenvalue weighted by Crippen LogP contribution is -2.34. The van der Waals surface area contributed by atoms with Crippen LogP contribution in [-0.4, -0.2) is 30.9 Å². The quantitative estimate of drug-likeness (QED) is 0.627. The maximum absolute atomic E-state index is 5.48. The zero-order valence-electron chi connectivity index (χ0n) is 17.9. The molecule has 2 aliphatic carbocycles. The molecule has 0 aliphatic heterocycles. The molecule has 0 radical (unpaired) electrons. The molecular formula is C22H42O3. The van der Waals surface area contributed by atoms with Crippen LogP contribution < -0.4 is 0 Å². The van der Waals surface area contributed by atoms with Gasteiger partial charge in [0, 0.05) is 14.2 Å². The molecular weight excluding hydrogens is 312 g/mol. The van der Waals surface area contributed by atoms with Crippen molar-refractivity contribution in [2.75, 3.05) is 14.2 Å². The predicted molar refractivity (Wildman–Crippen MR) is 108 cm³/mol. The lowest BCUT2D eigenvalue weighted by Gasteiger charge is -2.34. The lowest BCUT2D eigenvalue weighted by atomic mass is 9.80. The van der Waals surface area contributed by atoms with Gasteiger partial charge in [0.05, 0.1) is 11.2 Å². The Morgan fingerprint density at radius 3 is 1.28 bits per heavy atom. The fourth-order valence-electron chi connectivity index (χ4n) is 3.53. The molecule has 3 nitrogen and oxygen atoms in total. The molecule has 0 spiro atoms. The first kappa shape index (κ1) is 24.4. The summed E-state index contributed by atoms with van der Waals surface area (Å²) in [5, 5.41) is 0. The zero-order valence-corrected chi connectivity index (χ0v) is 17.9. The number of rotatable bonds is 4. The van der Waals surface area contributed by atoms with E-state index in [9.17, 15) is 0 Å². The van der Waals surface area contributed by atoms with Gasteiger partial charge in [-0.2, -0.15) is 0 Å². The van der Waals surface area contributed by atoms with Gasteiger partial charge in [-0.1, -0.05) is 23.3 Å². The standard InChI is InChI=1S/2C11H20O.H2O/c2*1-9-5-7-10(8-6-9)11(2,3)12-4;/h2*5,10H,6-8H2,1-4H3;1H2. The summed E-state index contributed by atoms with van der Waals surface area (Å²) in [4.78, 5) is 0. The first-order valence-electron chi connectivity index (χ1n) is 9.54. The van der Waals surface area contributed by atoms with Gasteiger partial charge in [0.1, 0.15) is 0 Å². The van der Waals surface area contributed by atoms with E-state index in [0.29, 0.717) is 11.8 Å². The molecule has 0 saturated carbocycles. The van der Waals surface area contributed by atoms with E-state index < -0.39 is 0 Å². The van der Waals surface area contributed by atoms with Crippen LogP contribution in [0.5, 0.6) is 0 Å². The molecule has 0 aromatic heterocycles. The molecule has 2 rings (SSSR count). The van der Waals surface area contributed by atoms with Gasteiger partial charge in [-0.3, -0.25) is 0 Å². The van der Waals surface area contributed by atoms with Gasteiger partial charge in [0.2, 0.25) is 0 Å². The van der Waals surface area contributed by atoms with E-state index in [0.717, 1.165) is 0 Å². The summed E-state index contributed by atoms with van der Waals surface area (Å²) in [6, 6.07) is 0. The van der Waals surface area contributed by atoms with Gasteiger partial charge in [0.25, 0.3) is 0 Å². The summed E-state index contributed by atoms with van der Waals surface area (Å²) in [6.45, 7) is 13.2. The van der Waals surface area contributed by atoms with Crippen molar-refractivity contribution in [2.24, 2.45) is 11.8 Å². The minimum atomic E-state index is 0. The Balaban J connectivity index is 0.000000443. The normalized spacial score (nSPS) is 24.3. The van der Waals surface area contributed by atoms with Crippen molar-refractivity contribution >= 4 is 0 Å². The van der Waals surface area contributed by atoms with Crippen LogP contribution in [0.15, 0.2) is 23.3 Å². The Morgan fingerprint density at radius 1 is 0.760 bits per heavy atom. The third-order valence-corrected chi connectivity index (χ3v) is 6.29. The Kier molecular flexibility index (Phi) is 10.2. The van der Waals surface area contributed by atoms with Crippen molar-refractivity contribution in [1.82, 2.24) is 0 Å². The summed E-state index contributed by atoms with van der Waals surface area (Å²) in [5.74, 6) is 1.40. The molecule has 2 N–H and O–H groups in total. The number of ether oxygens (including phenoxy) is 2. The lowest BCUT2D eigenvalue weighted by molar-refractivity contribution is -0.0314. The summed E-state index contributed by atoms with van der Waals surface area (Å²) in [6.07, 6.45) is 12.1.